The Balaban J connectivity index is 1.64. The summed E-state index contributed by atoms with van der Waals surface area (Å²) >= 11 is 5.43. The number of benzene rings is 4. The summed E-state index contributed by atoms with van der Waals surface area (Å²) < 4.78 is 0. The van der Waals surface area contributed by atoms with Gasteiger partial charge in [-0.05, 0) is 54.6 Å². The normalized spacial score (nSPS) is 10.7. The zero-order valence-corrected chi connectivity index (χ0v) is 17.1. The standard InChI is InChI=1S/C24H18S3/c1-4-10-19(11-5-1)25-22-16-23(26-20-12-6-2-7-13-20)18-24(17-22)27-21-14-8-3-9-15-21/h1-18H. The van der Waals surface area contributed by atoms with Gasteiger partial charge >= 0.3 is 0 Å². The molecule has 0 radical (unpaired) electrons. The topological polar surface area (TPSA) is 0 Å². The molecule has 0 atom stereocenters. The van der Waals surface area contributed by atoms with E-state index in [1.807, 2.05) is 35.3 Å². The molecule has 0 fully saturated rings. The van der Waals surface area contributed by atoms with Gasteiger partial charge in [0.15, 0.2) is 0 Å². The van der Waals surface area contributed by atoms with E-state index >= 15 is 0 Å². The first-order valence-electron chi connectivity index (χ1n) is 8.69. The van der Waals surface area contributed by atoms with E-state index in [0.29, 0.717) is 0 Å². The van der Waals surface area contributed by atoms with Crippen molar-refractivity contribution in [1.29, 1.82) is 0 Å². The number of hydrogen-bond acceptors (Lipinski definition) is 3. The van der Waals surface area contributed by atoms with Crippen LogP contribution in [-0.4, -0.2) is 0 Å². The van der Waals surface area contributed by atoms with Crippen molar-refractivity contribution in [3.63, 3.8) is 0 Å². The fourth-order valence-corrected chi connectivity index (χ4v) is 5.63. The summed E-state index contributed by atoms with van der Waals surface area (Å²) in [5.41, 5.74) is 0. The molecule has 0 saturated heterocycles. The van der Waals surface area contributed by atoms with Crippen LogP contribution in [0.2, 0.25) is 0 Å². The lowest BCUT2D eigenvalue weighted by atomic mass is 10.3. The highest BCUT2D eigenvalue weighted by molar-refractivity contribution is 8.01. The van der Waals surface area contributed by atoms with Gasteiger partial charge < -0.3 is 0 Å². The van der Waals surface area contributed by atoms with E-state index in [-0.39, 0.29) is 0 Å². The summed E-state index contributed by atoms with van der Waals surface area (Å²) in [6.07, 6.45) is 0. The molecule has 4 rings (SSSR count). The van der Waals surface area contributed by atoms with Crippen molar-refractivity contribution >= 4 is 35.3 Å². The molecule has 0 unspecified atom stereocenters. The molecule has 4 aromatic carbocycles. The highest BCUT2D eigenvalue weighted by Gasteiger charge is 2.07. The summed E-state index contributed by atoms with van der Waals surface area (Å²) in [5, 5.41) is 0. The first-order valence-corrected chi connectivity index (χ1v) is 11.1. The van der Waals surface area contributed by atoms with Crippen LogP contribution in [0, 0.1) is 0 Å². The monoisotopic (exact) mass is 402 g/mol. The van der Waals surface area contributed by atoms with Gasteiger partial charge in [-0.15, -0.1) is 0 Å². The van der Waals surface area contributed by atoms with E-state index in [9.17, 15) is 0 Å². The van der Waals surface area contributed by atoms with Crippen molar-refractivity contribution in [2.45, 2.75) is 29.4 Å². The van der Waals surface area contributed by atoms with Gasteiger partial charge in [0.1, 0.15) is 0 Å². The third-order valence-electron chi connectivity index (χ3n) is 3.79. The van der Waals surface area contributed by atoms with Gasteiger partial charge in [0, 0.05) is 29.4 Å². The zero-order chi connectivity index (χ0) is 18.3. The smallest absolute Gasteiger partial charge is 0.0144 e. The summed E-state index contributed by atoms with van der Waals surface area (Å²) in [4.78, 5) is 7.57. The van der Waals surface area contributed by atoms with Crippen LogP contribution < -0.4 is 0 Å². The molecule has 0 aliphatic heterocycles. The minimum atomic E-state index is 1.26. The lowest BCUT2D eigenvalue weighted by molar-refractivity contribution is 1.22. The molecule has 0 bridgehead atoms. The second-order valence-electron chi connectivity index (χ2n) is 5.89. The van der Waals surface area contributed by atoms with Crippen LogP contribution in [-0.2, 0) is 0 Å². The van der Waals surface area contributed by atoms with Crippen LogP contribution in [0.15, 0.2) is 139 Å². The largest absolute Gasteiger partial charge is 0.0900 e. The minimum absolute atomic E-state index is 1.26. The van der Waals surface area contributed by atoms with Gasteiger partial charge in [-0.2, -0.15) is 0 Å². The molecular weight excluding hydrogens is 384 g/mol. The van der Waals surface area contributed by atoms with Crippen molar-refractivity contribution in [1.82, 2.24) is 0 Å². The SMILES string of the molecule is c1ccc(Sc2cc(Sc3ccccc3)cc(Sc3ccccc3)c2)cc1. The molecule has 0 amide bonds. The Labute approximate surface area is 173 Å². The number of hydrogen-bond donors (Lipinski definition) is 0. The molecule has 0 aliphatic carbocycles. The van der Waals surface area contributed by atoms with Crippen LogP contribution in [0.25, 0.3) is 0 Å². The quantitative estimate of drug-likeness (QED) is 0.319. The van der Waals surface area contributed by atoms with Crippen molar-refractivity contribution < 1.29 is 0 Å². The zero-order valence-electron chi connectivity index (χ0n) is 14.6. The Morgan fingerprint density at radius 3 is 0.815 bits per heavy atom. The molecule has 4 aromatic rings. The van der Waals surface area contributed by atoms with Gasteiger partial charge in [-0.25, -0.2) is 0 Å². The molecule has 132 valence electrons. The summed E-state index contributed by atoms with van der Waals surface area (Å²) in [7, 11) is 0. The van der Waals surface area contributed by atoms with Crippen molar-refractivity contribution in [2.24, 2.45) is 0 Å². The Hall–Kier alpha value is -2.07. The van der Waals surface area contributed by atoms with Crippen molar-refractivity contribution in [3.05, 3.63) is 109 Å². The van der Waals surface area contributed by atoms with E-state index < -0.39 is 0 Å². The van der Waals surface area contributed by atoms with Crippen LogP contribution in [0.4, 0.5) is 0 Å². The first kappa shape index (κ1) is 18.3. The molecule has 0 heterocycles. The Kier molecular flexibility index (Phi) is 6.25. The lowest BCUT2D eigenvalue weighted by Gasteiger charge is -2.10. The summed E-state index contributed by atoms with van der Waals surface area (Å²) in [5.74, 6) is 0. The van der Waals surface area contributed by atoms with Gasteiger partial charge in [0.25, 0.3) is 0 Å². The first-order chi connectivity index (χ1) is 13.3. The fraction of sp³-hybridized carbons (Fsp3) is 0. The molecule has 0 aliphatic rings. The fourth-order valence-electron chi connectivity index (χ4n) is 2.60. The second kappa shape index (κ2) is 9.23. The molecule has 3 heteroatoms. The average molecular weight is 403 g/mol. The maximum Gasteiger partial charge on any atom is 0.0144 e. The maximum absolute atomic E-state index is 2.28. The highest BCUT2D eigenvalue weighted by Crippen LogP contribution is 2.38. The lowest BCUT2D eigenvalue weighted by Crippen LogP contribution is -1.81. The summed E-state index contributed by atoms with van der Waals surface area (Å²) in [6.45, 7) is 0. The van der Waals surface area contributed by atoms with E-state index in [4.69, 9.17) is 0 Å². The van der Waals surface area contributed by atoms with E-state index in [0.717, 1.165) is 0 Å². The number of rotatable bonds is 6. The van der Waals surface area contributed by atoms with Crippen LogP contribution in [0.1, 0.15) is 0 Å². The molecule has 0 spiro atoms. The summed E-state index contributed by atoms with van der Waals surface area (Å²) in [6, 6.07) is 38.5. The molecule has 0 saturated carbocycles. The Morgan fingerprint density at radius 1 is 0.296 bits per heavy atom. The van der Waals surface area contributed by atoms with Crippen molar-refractivity contribution in [3.8, 4) is 0 Å². The third kappa shape index (κ3) is 5.46. The second-order valence-corrected chi connectivity index (χ2v) is 9.33. The van der Waals surface area contributed by atoms with Crippen LogP contribution >= 0.6 is 35.3 Å². The molecule has 0 aromatic heterocycles. The predicted octanol–water partition coefficient (Wildman–Crippen LogP) is 8.14. The maximum atomic E-state index is 2.28. The van der Waals surface area contributed by atoms with Crippen LogP contribution in [0.5, 0.6) is 0 Å². The van der Waals surface area contributed by atoms with E-state index in [1.54, 1.807) is 0 Å². The minimum Gasteiger partial charge on any atom is -0.0900 e. The molecule has 0 nitrogen and oxygen atoms in total. The predicted molar refractivity (Wildman–Crippen MR) is 118 cm³/mol. The van der Waals surface area contributed by atoms with Gasteiger partial charge in [0.05, 0.1) is 0 Å². The van der Waals surface area contributed by atoms with Crippen molar-refractivity contribution in [2.75, 3.05) is 0 Å². The van der Waals surface area contributed by atoms with Crippen LogP contribution in [0.3, 0.4) is 0 Å². The Morgan fingerprint density at radius 2 is 0.556 bits per heavy atom. The van der Waals surface area contributed by atoms with Gasteiger partial charge in [-0.1, -0.05) is 89.9 Å². The van der Waals surface area contributed by atoms with Gasteiger partial charge in [-0.3, -0.25) is 0 Å². The molecule has 0 N–H and O–H groups in total. The van der Waals surface area contributed by atoms with E-state index in [2.05, 4.69) is 109 Å². The highest BCUT2D eigenvalue weighted by atomic mass is 32.2. The Bertz CT molecular complexity index is 839. The molecule has 27 heavy (non-hydrogen) atoms. The third-order valence-corrected chi connectivity index (χ3v) is 6.73. The molecular formula is C24H18S3. The van der Waals surface area contributed by atoms with E-state index in [1.165, 1.54) is 29.4 Å². The average Bonchev–Trinajstić information content (AvgIpc) is 2.70. The van der Waals surface area contributed by atoms with Gasteiger partial charge in [0.2, 0.25) is 0 Å².